The Hall–Kier alpha value is -1.02. The molecular weight excluding hydrogens is 246 g/mol. The zero-order valence-corrected chi connectivity index (χ0v) is 12.6. The van der Waals surface area contributed by atoms with Crippen LogP contribution in [-0.2, 0) is 0 Å². The first-order valence-corrected chi connectivity index (χ1v) is 8.28. The Morgan fingerprint density at radius 3 is 2.25 bits per heavy atom. The molecule has 2 nitrogen and oxygen atoms in total. The van der Waals surface area contributed by atoms with E-state index in [1.807, 2.05) is 0 Å². The normalized spacial score (nSPS) is 28.1. The van der Waals surface area contributed by atoms with Crippen molar-refractivity contribution in [3.05, 3.63) is 29.8 Å². The van der Waals surface area contributed by atoms with E-state index < -0.39 is 0 Å². The van der Waals surface area contributed by atoms with Gasteiger partial charge >= 0.3 is 0 Å². The van der Waals surface area contributed by atoms with Gasteiger partial charge in [-0.15, -0.1) is 0 Å². The van der Waals surface area contributed by atoms with Crippen molar-refractivity contribution >= 4 is 0 Å². The molecule has 3 rings (SSSR count). The lowest BCUT2D eigenvalue weighted by molar-refractivity contribution is 0.240. The van der Waals surface area contributed by atoms with Gasteiger partial charge < -0.3 is 10.5 Å². The molecule has 110 valence electrons. The van der Waals surface area contributed by atoms with E-state index in [2.05, 4.69) is 31.2 Å². The number of hydrogen-bond acceptors (Lipinski definition) is 2. The van der Waals surface area contributed by atoms with Crippen molar-refractivity contribution in [2.75, 3.05) is 0 Å². The third kappa shape index (κ3) is 3.35. The summed E-state index contributed by atoms with van der Waals surface area (Å²) in [5, 5.41) is 0. The smallest absolute Gasteiger partial charge is 0.119 e. The van der Waals surface area contributed by atoms with E-state index >= 15 is 0 Å². The van der Waals surface area contributed by atoms with Gasteiger partial charge in [0.15, 0.2) is 0 Å². The van der Waals surface area contributed by atoms with Gasteiger partial charge in [-0.25, -0.2) is 0 Å². The van der Waals surface area contributed by atoms with E-state index in [-0.39, 0.29) is 6.04 Å². The molecule has 1 atom stereocenters. The summed E-state index contributed by atoms with van der Waals surface area (Å²) >= 11 is 0. The van der Waals surface area contributed by atoms with Crippen LogP contribution in [0.4, 0.5) is 0 Å². The van der Waals surface area contributed by atoms with Gasteiger partial charge in [-0.05, 0) is 55.2 Å². The fourth-order valence-corrected chi connectivity index (χ4v) is 3.37. The lowest BCUT2D eigenvalue weighted by Crippen LogP contribution is -2.25. The van der Waals surface area contributed by atoms with Crippen LogP contribution in [0.25, 0.3) is 0 Å². The summed E-state index contributed by atoms with van der Waals surface area (Å²) < 4.78 is 5.79. The molecule has 0 bridgehead atoms. The van der Waals surface area contributed by atoms with Crippen molar-refractivity contribution in [2.45, 2.75) is 64.0 Å². The summed E-state index contributed by atoms with van der Waals surface area (Å²) in [6.45, 7) is 2.31. The number of rotatable bonds is 5. The van der Waals surface area contributed by atoms with Crippen LogP contribution in [0.2, 0.25) is 0 Å². The standard InChI is InChI=1S/C18H27NO/c1-2-13-3-5-14(6-4-13)18(19)15-7-9-16(10-8-15)20-17-11-12-17/h7-10,13-14,17-18H,2-6,11-12,19H2,1H3. The Labute approximate surface area is 122 Å². The Morgan fingerprint density at radius 1 is 1.05 bits per heavy atom. The highest BCUT2D eigenvalue weighted by atomic mass is 16.5. The van der Waals surface area contributed by atoms with Gasteiger partial charge in [-0.1, -0.05) is 38.3 Å². The molecular formula is C18H27NO. The molecule has 0 aliphatic heterocycles. The van der Waals surface area contributed by atoms with Gasteiger partial charge in [0.05, 0.1) is 6.10 Å². The van der Waals surface area contributed by atoms with E-state index in [9.17, 15) is 0 Å². The Kier molecular flexibility index (Phi) is 4.30. The first-order valence-electron chi connectivity index (χ1n) is 8.28. The molecule has 0 spiro atoms. The Morgan fingerprint density at radius 2 is 1.70 bits per heavy atom. The molecule has 20 heavy (non-hydrogen) atoms. The molecule has 0 aromatic heterocycles. The van der Waals surface area contributed by atoms with Crippen LogP contribution in [0.5, 0.6) is 5.75 Å². The second-order valence-electron chi connectivity index (χ2n) is 6.60. The zero-order valence-electron chi connectivity index (χ0n) is 12.6. The molecule has 2 heteroatoms. The topological polar surface area (TPSA) is 35.2 Å². The maximum absolute atomic E-state index is 6.48. The average molecular weight is 273 g/mol. The summed E-state index contributed by atoms with van der Waals surface area (Å²) in [7, 11) is 0. The number of nitrogens with two attached hydrogens (primary N) is 1. The summed E-state index contributed by atoms with van der Waals surface area (Å²) in [5.74, 6) is 2.60. The van der Waals surface area contributed by atoms with Crippen LogP contribution in [0.15, 0.2) is 24.3 Å². The van der Waals surface area contributed by atoms with Crippen molar-refractivity contribution in [1.82, 2.24) is 0 Å². The van der Waals surface area contributed by atoms with Gasteiger partial charge in [-0.2, -0.15) is 0 Å². The highest BCUT2D eigenvalue weighted by molar-refractivity contribution is 5.30. The minimum atomic E-state index is 0.197. The summed E-state index contributed by atoms with van der Waals surface area (Å²) in [4.78, 5) is 0. The molecule has 1 aromatic rings. The van der Waals surface area contributed by atoms with E-state index in [0.29, 0.717) is 12.0 Å². The summed E-state index contributed by atoms with van der Waals surface area (Å²) in [5.41, 5.74) is 7.75. The molecule has 0 amide bonds. The molecule has 1 unspecified atom stereocenters. The second-order valence-corrected chi connectivity index (χ2v) is 6.60. The minimum absolute atomic E-state index is 0.197. The van der Waals surface area contributed by atoms with Gasteiger partial charge in [0.25, 0.3) is 0 Å². The van der Waals surface area contributed by atoms with Crippen LogP contribution in [0.1, 0.15) is 63.5 Å². The summed E-state index contributed by atoms with van der Waals surface area (Å²) in [6, 6.07) is 8.70. The molecule has 1 aromatic carbocycles. The largest absolute Gasteiger partial charge is 0.490 e. The Balaban J connectivity index is 1.57. The molecule has 0 saturated heterocycles. The third-order valence-electron chi connectivity index (χ3n) is 5.07. The average Bonchev–Trinajstić information content (AvgIpc) is 3.31. The molecule has 2 N–H and O–H groups in total. The van der Waals surface area contributed by atoms with Crippen molar-refractivity contribution in [2.24, 2.45) is 17.6 Å². The first-order chi connectivity index (χ1) is 9.76. The number of ether oxygens (including phenoxy) is 1. The lowest BCUT2D eigenvalue weighted by Gasteiger charge is -2.32. The second kappa shape index (κ2) is 6.17. The fourth-order valence-electron chi connectivity index (χ4n) is 3.37. The maximum atomic E-state index is 6.48. The fraction of sp³-hybridized carbons (Fsp3) is 0.667. The molecule has 0 heterocycles. The van der Waals surface area contributed by atoms with E-state index in [1.165, 1.54) is 50.5 Å². The minimum Gasteiger partial charge on any atom is -0.490 e. The molecule has 2 fully saturated rings. The molecule has 2 aliphatic carbocycles. The Bertz CT molecular complexity index is 416. The van der Waals surface area contributed by atoms with Crippen LogP contribution >= 0.6 is 0 Å². The van der Waals surface area contributed by atoms with Crippen LogP contribution in [0, 0.1) is 11.8 Å². The monoisotopic (exact) mass is 273 g/mol. The quantitative estimate of drug-likeness (QED) is 0.860. The van der Waals surface area contributed by atoms with Gasteiger partial charge in [0.1, 0.15) is 5.75 Å². The van der Waals surface area contributed by atoms with Crippen LogP contribution in [0.3, 0.4) is 0 Å². The zero-order chi connectivity index (χ0) is 13.9. The van der Waals surface area contributed by atoms with Crippen molar-refractivity contribution < 1.29 is 4.74 Å². The molecule has 0 radical (unpaired) electrons. The van der Waals surface area contributed by atoms with E-state index in [1.54, 1.807) is 0 Å². The number of benzene rings is 1. The van der Waals surface area contributed by atoms with E-state index in [0.717, 1.165) is 11.7 Å². The number of hydrogen-bond donors (Lipinski definition) is 1. The van der Waals surface area contributed by atoms with Crippen molar-refractivity contribution in [3.63, 3.8) is 0 Å². The van der Waals surface area contributed by atoms with Gasteiger partial charge in [0.2, 0.25) is 0 Å². The predicted molar refractivity (Wildman–Crippen MR) is 82.8 cm³/mol. The van der Waals surface area contributed by atoms with Gasteiger partial charge in [0, 0.05) is 6.04 Å². The van der Waals surface area contributed by atoms with Crippen LogP contribution < -0.4 is 10.5 Å². The molecule has 2 aliphatic rings. The molecule has 2 saturated carbocycles. The first kappa shape index (κ1) is 13.9. The summed E-state index contributed by atoms with van der Waals surface area (Å²) in [6.07, 6.45) is 9.52. The highest BCUT2D eigenvalue weighted by Crippen LogP contribution is 2.37. The highest BCUT2D eigenvalue weighted by Gasteiger charge is 2.26. The maximum Gasteiger partial charge on any atom is 0.119 e. The van der Waals surface area contributed by atoms with Crippen molar-refractivity contribution in [1.29, 1.82) is 0 Å². The van der Waals surface area contributed by atoms with Crippen LogP contribution in [-0.4, -0.2) is 6.10 Å². The van der Waals surface area contributed by atoms with Crippen molar-refractivity contribution in [3.8, 4) is 5.75 Å². The third-order valence-corrected chi connectivity index (χ3v) is 5.07. The van der Waals surface area contributed by atoms with Gasteiger partial charge in [-0.3, -0.25) is 0 Å². The predicted octanol–water partition coefficient (Wildman–Crippen LogP) is 4.44. The SMILES string of the molecule is CCC1CCC(C(N)c2ccc(OC3CC3)cc2)CC1. The lowest BCUT2D eigenvalue weighted by atomic mass is 9.76. The van der Waals surface area contributed by atoms with E-state index in [4.69, 9.17) is 10.5 Å².